The van der Waals surface area contributed by atoms with Gasteiger partial charge in [-0.2, -0.15) is 0 Å². The number of carbonyl (C=O) groups excluding carboxylic acids is 1. The minimum atomic E-state index is -0.212. The van der Waals surface area contributed by atoms with E-state index in [0.29, 0.717) is 12.1 Å². The number of anilines is 1. The molecule has 126 valence electrons. The van der Waals surface area contributed by atoms with Crippen LogP contribution in [-0.2, 0) is 11.3 Å². The van der Waals surface area contributed by atoms with Gasteiger partial charge in [-0.25, -0.2) is 4.39 Å². The Balaban J connectivity index is 1.57. The van der Waals surface area contributed by atoms with Crippen LogP contribution in [0.3, 0.4) is 0 Å². The van der Waals surface area contributed by atoms with E-state index < -0.39 is 0 Å². The quantitative estimate of drug-likeness (QED) is 0.744. The van der Waals surface area contributed by atoms with E-state index in [1.807, 2.05) is 31.2 Å². The minimum Gasteiger partial charge on any atom is -0.326 e. The van der Waals surface area contributed by atoms with Gasteiger partial charge in [0, 0.05) is 34.2 Å². The van der Waals surface area contributed by atoms with E-state index in [-0.39, 0.29) is 23.7 Å². The highest BCUT2D eigenvalue weighted by Gasteiger charge is 2.29. The molecule has 0 spiro atoms. The molecule has 0 bridgehead atoms. The van der Waals surface area contributed by atoms with Gasteiger partial charge in [-0.1, -0.05) is 28.1 Å². The molecule has 0 aliphatic heterocycles. The number of rotatable bonds is 6. The molecular formula is C19H20BrFN2O. The summed E-state index contributed by atoms with van der Waals surface area (Å²) < 4.78 is 14.6. The molecule has 1 fully saturated rings. The van der Waals surface area contributed by atoms with Crippen LogP contribution in [0.1, 0.15) is 36.9 Å². The summed E-state index contributed by atoms with van der Waals surface area (Å²) in [6, 6.07) is 12.8. The third-order valence-electron chi connectivity index (χ3n) is 4.23. The van der Waals surface area contributed by atoms with Crippen molar-refractivity contribution in [3.05, 3.63) is 63.9 Å². The van der Waals surface area contributed by atoms with Gasteiger partial charge < -0.3 is 10.6 Å². The number of nitrogens with one attached hydrogen (secondary N) is 2. The molecule has 1 amide bonds. The van der Waals surface area contributed by atoms with Crippen molar-refractivity contribution in [1.82, 2.24) is 5.32 Å². The normalized spacial score (nSPS) is 15.1. The lowest BCUT2D eigenvalue weighted by Crippen LogP contribution is -2.19. The lowest BCUT2D eigenvalue weighted by Gasteiger charge is -2.15. The molecule has 1 aliphatic rings. The second kappa shape index (κ2) is 7.45. The molecule has 1 aliphatic carbocycles. The number of hydrogen-bond donors (Lipinski definition) is 2. The zero-order valence-corrected chi connectivity index (χ0v) is 15.1. The van der Waals surface area contributed by atoms with Gasteiger partial charge in [-0.15, -0.1) is 0 Å². The van der Waals surface area contributed by atoms with Crippen LogP contribution in [0.2, 0.25) is 0 Å². The molecule has 0 saturated heterocycles. The van der Waals surface area contributed by atoms with E-state index in [4.69, 9.17) is 0 Å². The summed E-state index contributed by atoms with van der Waals surface area (Å²) in [7, 11) is 0. The summed E-state index contributed by atoms with van der Waals surface area (Å²) in [5.41, 5.74) is 2.54. The molecule has 0 heterocycles. The minimum absolute atomic E-state index is 0.0802. The Bertz CT molecular complexity index is 729. The Morgan fingerprint density at radius 2 is 1.96 bits per heavy atom. The number of hydrogen-bond acceptors (Lipinski definition) is 2. The first-order chi connectivity index (χ1) is 11.5. The van der Waals surface area contributed by atoms with Crippen molar-refractivity contribution in [3.63, 3.8) is 0 Å². The van der Waals surface area contributed by atoms with Crippen molar-refractivity contribution >= 4 is 27.5 Å². The van der Waals surface area contributed by atoms with E-state index in [1.54, 1.807) is 12.1 Å². The third kappa shape index (κ3) is 4.42. The highest BCUT2D eigenvalue weighted by molar-refractivity contribution is 9.10. The fraction of sp³-hybridized carbons (Fsp3) is 0.316. The fourth-order valence-electron chi connectivity index (χ4n) is 2.50. The first-order valence-corrected chi connectivity index (χ1v) is 8.90. The van der Waals surface area contributed by atoms with Crippen LogP contribution in [0, 0.1) is 11.7 Å². The van der Waals surface area contributed by atoms with Crippen molar-refractivity contribution in [3.8, 4) is 0 Å². The molecule has 0 aromatic heterocycles. The molecule has 1 saturated carbocycles. The monoisotopic (exact) mass is 390 g/mol. The fourth-order valence-corrected chi connectivity index (χ4v) is 2.91. The molecule has 2 aromatic rings. The zero-order chi connectivity index (χ0) is 17.1. The van der Waals surface area contributed by atoms with Gasteiger partial charge in [0.15, 0.2) is 0 Å². The van der Waals surface area contributed by atoms with Crippen LogP contribution in [0.5, 0.6) is 0 Å². The predicted octanol–water partition coefficient (Wildman–Crippen LogP) is 4.79. The van der Waals surface area contributed by atoms with Crippen LogP contribution >= 0.6 is 15.9 Å². The maximum Gasteiger partial charge on any atom is 0.227 e. The van der Waals surface area contributed by atoms with E-state index in [2.05, 4.69) is 26.6 Å². The Hall–Kier alpha value is -1.72. The van der Waals surface area contributed by atoms with Gasteiger partial charge >= 0.3 is 0 Å². The number of benzene rings is 2. The molecule has 0 unspecified atom stereocenters. The SMILES string of the molecule is C[C@H](NCc1cc(Br)ccc1F)c1ccc(NC(=O)C2CC2)cc1. The van der Waals surface area contributed by atoms with E-state index in [1.165, 1.54) is 6.07 Å². The van der Waals surface area contributed by atoms with Gasteiger partial charge in [-0.3, -0.25) is 4.79 Å². The molecule has 1 atom stereocenters. The molecular weight excluding hydrogens is 371 g/mol. The first kappa shape index (κ1) is 17.1. The van der Waals surface area contributed by atoms with Crippen LogP contribution < -0.4 is 10.6 Å². The van der Waals surface area contributed by atoms with Gasteiger partial charge in [-0.05, 0) is 55.7 Å². The Labute approximate surface area is 149 Å². The summed E-state index contributed by atoms with van der Waals surface area (Å²) in [4.78, 5) is 11.7. The van der Waals surface area contributed by atoms with Crippen LogP contribution in [0.25, 0.3) is 0 Å². The first-order valence-electron chi connectivity index (χ1n) is 8.11. The Morgan fingerprint density at radius 3 is 2.62 bits per heavy atom. The third-order valence-corrected chi connectivity index (χ3v) is 4.73. The topological polar surface area (TPSA) is 41.1 Å². The molecule has 3 rings (SSSR count). The van der Waals surface area contributed by atoms with Gasteiger partial charge in [0.1, 0.15) is 5.82 Å². The Kier molecular flexibility index (Phi) is 5.31. The zero-order valence-electron chi connectivity index (χ0n) is 13.5. The Morgan fingerprint density at radius 1 is 1.25 bits per heavy atom. The molecule has 2 N–H and O–H groups in total. The highest BCUT2D eigenvalue weighted by atomic mass is 79.9. The summed E-state index contributed by atoms with van der Waals surface area (Å²) in [5.74, 6) is 0.0976. The maximum absolute atomic E-state index is 13.8. The van der Waals surface area contributed by atoms with Crippen molar-refractivity contribution in [1.29, 1.82) is 0 Å². The van der Waals surface area contributed by atoms with Crippen LogP contribution in [0.4, 0.5) is 10.1 Å². The molecule has 3 nitrogen and oxygen atoms in total. The van der Waals surface area contributed by atoms with E-state index in [0.717, 1.165) is 28.6 Å². The van der Waals surface area contributed by atoms with Gasteiger partial charge in [0.2, 0.25) is 5.91 Å². The summed E-state index contributed by atoms with van der Waals surface area (Å²) in [5, 5.41) is 6.25. The molecule has 5 heteroatoms. The lowest BCUT2D eigenvalue weighted by molar-refractivity contribution is -0.117. The second-order valence-electron chi connectivity index (χ2n) is 6.22. The van der Waals surface area contributed by atoms with Crippen molar-refractivity contribution in [2.45, 2.75) is 32.4 Å². The largest absolute Gasteiger partial charge is 0.326 e. The second-order valence-corrected chi connectivity index (χ2v) is 7.14. The summed E-state index contributed by atoms with van der Waals surface area (Å²) in [6.07, 6.45) is 1.99. The maximum atomic E-state index is 13.8. The highest BCUT2D eigenvalue weighted by Crippen LogP contribution is 2.30. The van der Waals surface area contributed by atoms with Gasteiger partial charge in [0.05, 0.1) is 0 Å². The predicted molar refractivity (Wildman–Crippen MR) is 97.2 cm³/mol. The van der Waals surface area contributed by atoms with E-state index in [9.17, 15) is 9.18 Å². The van der Waals surface area contributed by atoms with Crippen LogP contribution in [0.15, 0.2) is 46.9 Å². The van der Waals surface area contributed by atoms with Crippen molar-refractivity contribution in [2.24, 2.45) is 5.92 Å². The molecule has 24 heavy (non-hydrogen) atoms. The number of halogens is 2. The average molecular weight is 391 g/mol. The molecule has 2 aromatic carbocycles. The summed E-state index contributed by atoms with van der Waals surface area (Å²) >= 11 is 3.36. The number of carbonyl (C=O) groups is 1. The standard InChI is InChI=1S/C19H20BrFN2O/c1-12(22-11-15-10-16(20)6-9-18(15)21)13-4-7-17(8-5-13)23-19(24)14-2-3-14/h4-10,12,14,22H,2-3,11H2,1H3,(H,23,24)/t12-/m0/s1. The van der Waals surface area contributed by atoms with Crippen molar-refractivity contribution < 1.29 is 9.18 Å². The summed E-state index contributed by atoms with van der Waals surface area (Å²) in [6.45, 7) is 2.49. The van der Waals surface area contributed by atoms with Gasteiger partial charge in [0.25, 0.3) is 0 Å². The van der Waals surface area contributed by atoms with E-state index >= 15 is 0 Å². The van der Waals surface area contributed by atoms with Crippen LogP contribution in [-0.4, -0.2) is 5.91 Å². The average Bonchev–Trinajstić information content (AvgIpc) is 3.41. The lowest BCUT2D eigenvalue weighted by atomic mass is 10.1. The smallest absolute Gasteiger partial charge is 0.227 e. The number of amides is 1. The molecule has 0 radical (unpaired) electrons. The van der Waals surface area contributed by atoms with Crippen molar-refractivity contribution in [2.75, 3.05) is 5.32 Å².